The Morgan fingerprint density at radius 2 is 1.82 bits per heavy atom. The minimum Gasteiger partial charge on any atom is -0.297 e. The van der Waals surface area contributed by atoms with Gasteiger partial charge in [-0.2, -0.15) is 5.10 Å². The second-order valence-corrected chi connectivity index (χ2v) is 5.33. The SMILES string of the molecule is C(CCCCCCC1=CC1)=NN1CCCCC1. The maximum atomic E-state index is 4.54. The lowest BCUT2D eigenvalue weighted by molar-refractivity contribution is 0.240. The molecule has 2 rings (SSSR count). The van der Waals surface area contributed by atoms with E-state index in [1.54, 1.807) is 5.57 Å². The molecule has 1 heterocycles. The molecule has 1 saturated heterocycles. The average molecular weight is 234 g/mol. The number of hydrazone groups is 1. The molecule has 96 valence electrons. The fourth-order valence-electron chi connectivity index (χ4n) is 2.38. The number of rotatable bonds is 8. The molecule has 0 N–H and O–H groups in total. The van der Waals surface area contributed by atoms with Gasteiger partial charge in [-0.3, -0.25) is 5.01 Å². The summed E-state index contributed by atoms with van der Waals surface area (Å²) in [6, 6.07) is 0. The van der Waals surface area contributed by atoms with Crippen molar-refractivity contribution in [1.29, 1.82) is 0 Å². The topological polar surface area (TPSA) is 15.6 Å². The van der Waals surface area contributed by atoms with E-state index in [9.17, 15) is 0 Å². The monoisotopic (exact) mass is 234 g/mol. The van der Waals surface area contributed by atoms with Crippen molar-refractivity contribution in [1.82, 2.24) is 5.01 Å². The Bertz CT molecular complexity index is 262. The van der Waals surface area contributed by atoms with Crippen LogP contribution in [0.5, 0.6) is 0 Å². The van der Waals surface area contributed by atoms with Crippen LogP contribution in [0.15, 0.2) is 16.8 Å². The number of hydrogen-bond donors (Lipinski definition) is 0. The largest absolute Gasteiger partial charge is 0.297 e. The van der Waals surface area contributed by atoms with Crippen LogP contribution in [0.4, 0.5) is 0 Å². The highest BCUT2D eigenvalue weighted by Gasteiger charge is 2.06. The fourth-order valence-corrected chi connectivity index (χ4v) is 2.38. The first-order valence-corrected chi connectivity index (χ1v) is 7.40. The summed E-state index contributed by atoms with van der Waals surface area (Å²) in [6.07, 6.45) is 17.9. The molecule has 0 amide bonds. The molecule has 0 bridgehead atoms. The van der Waals surface area contributed by atoms with Crippen LogP contribution in [0.2, 0.25) is 0 Å². The minimum absolute atomic E-state index is 1.17. The van der Waals surface area contributed by atoms with Crippen LogP contribution >= 0.6 is 0 Å². The fraction of sp³-hybridized carbons (Fsp3) is 0.800. The molecule has 2 nitrogen and oxygen atoms in total. The molecular weight excluding hydrogens is 208 g/mol. The molecule has 1 fully saturated rings. The number of unbranched alkanes of at least 4 members (excludes halogenated alkanes) is 4. The van der Waals surface area contributed by atoms with E-state index < -0.39 is 0 Å². The molecule has 0 aromatic rings. The smallest absolute Gasteiger partial charge is 0.0360 e. The van der Waals surface area contributed by atoms with Crippen molar-refractivity contribution in [3.63, 3.8) is 0 Å². The highest BCUT2D eigenvalue weighted by Crippen LogP contribution is 2.24. The van der Waals surface area contributed by atoms with E-state index in [0.717, 1.165) is 0 Å². The van der Waals surface area contributed by atoms with Gasteiger partial charge in [-0.15, -0.1) is 0 Å². The van der Waals surface area contributed by atoms with Crippen molar-refractivity contribution in [2.75, 3.05) is 13.1 Å². The van der Waals surface area contributed by atoms with Crippen molar-refractivity contribution in [3.8, 4) is 0 Å². The van der Waals surface area contributed by atoms with Gasteiger partial charge in [0.2, 0.25) is 0 Å². The lowest BCUT2D eigenvalue weighted by Gasteiger charge is -2.23. The van der Waals surface area contributed by atoms with Gasteiger partial charge >= 0.3 is 0 Å². The van der Waals surface area contributed by atoms with Crippen molar-refractivity contribution in [3.05, 3.63) is 11.6 Å². The maximum Gasteiger partial charge on any atom is 0.0360 e. The predicted molar refractivity (Wildman–Crippen MR) is 74.3 cm³/mol. The molecule has 1 aliphatic carbocycles. The standard InChI is InChI=1S/C15H26N2/c1(2-5-9-15-10-11-15)3-6-12-16-17-13-7-4-8-14-17/h10,12H,1-9,11,13-14H2. The second kappa shape index (κ2) is 7.52. The lowest BCUT2D eigenvalue weighted by Crippen LogP contribution is -2.24. The van der Waals surface area contributed by atoms with Gasteiger partial charge in [0.15, 0.2) is 0 Å². The zero-order chi connectivity index (χ0) is 11.8. The Morgan fingerprint density at radius 1 is 1.06 bits per heavy atom. The maximum absolute atomic E-state index is 4.54. The summed E-state index contributed by atoms with van der Waals surface area (Å²) >= 11 is 0. The van der Waals surface area contributed by atoms with Crippen molar-refractivity contribution < 1.29 is 0 Å². The van der Waals surface area contributed by atoms with E-state index in [1.807, 2.05) is 0 Å². The summed E-state index contributed by atoms with van der Waals surface area (Å²) in [5.41, 5.74) is 1.69. The van der Waals surface area contributed by atoms with Crippen molar-refractivity contribution >= 4 is 6.21 Å². The van der Waals surface area contributed by atoms with Gasteiger partial charge in [0.25, 0.3) is 0 Å². The first kappa shape index (κ1) is 12.7. The van der Waals surface area contributed by atoms with E-state index in [4.69, 9.17) is 0 Å². The zero-order valence-corrected chi connectivity index (χ0v) is 11.0. The third kappa shape index (κ3) is 5.90. The van der Waals surface area contributed by atoms with Crippen LogP contribution in [-0.4, -0.2) is 24.3 Å². The van der Waals surface area contributed by atoms with Crippen LogP contribution in [0.25, 0.3) is 0 Å². The van der Waals surface area contributed by atoms with Gasteiger partial charge in [-0.05, 0) is 51.4 Å². The second-order valence-electron chi connectivity index (χ2n) is 5.33. The summed E-state index contributed by atoms with van der Waals surface area (Å²) < 4.78 is 0. The molecule has 2 heteroatoms. The van der Waals surface area contributed by atoms with E-state index in [0.29, 0.717) is 0 Å². The quantitative estimate of drug-likeness (QED) is 0.350. The zero-order valence-electron chi connectivity index (χ0n) is 11.0. The van der Waals surface area contributed by atoms with Gasteiger partial charge < -0.3 is 0 Å². The predicted octanol–water partition coefficient (Wildman–Crippen LogP) is 4.13. The number of hydrogen-bond acceptors (Lipinski definition) is 2. The molecule has 17 heavy (non-hydrogen) atoms. The van der Waals surface area contributed by atoms with Crippen LogP contribution in [0, 0.1) is 0 Å². The van der Waals surface area contributed by atoms with Crippen LogP contribution in [0.1, 0.15) is 64.2 Å². The van der Waals surface area contributed by atoms with Crippen LogP contribution < -0.4 is 0 Å². The molecule has 0 atom stereocenters. The average Bonchev–Trinajstić information content (AvgIpc) is 3.18. The molecule has 1 aliphatic heterocycles. The summed E-state index contributed by atoms with van der Waals surface area (Å²) in [7, 11) is 0. The van der Waals surface area contributed by atoms with E-state index in [1.165, 1.54) is 77.3 Å². The van der Waals surface area contributed by atoms with E-state index >= 15 is 0 Å². The Morgan fingerprint density at radius 3 is 2.59 bits per heavy atom. The van der Waals surface area contributed by atoms with Crippen LogP contribution in [-0.2, 0) is 0 Å². The van der Waals surface area contributed by atoms with Gasteiger partial charge in [0.1, 0.15) is 0 Å². The van der Waals surface area contributed by atoms with E-state index in [-0.39, 0.29) is 0 Å². The summed E-state index contributed by atoms with van der Waals surface area (Å²) in [5, 5.41) is 6.78. The summed E-state index contributed by atoms with van der Waals surface area (Å²) in [6.45, 7) is 2.34. The highest BCUT2D eigenvalue weighted by atomic mass is 15.4. The first-order valence-electron chi connectivity index (χ1n) is 7.40. The molecule has 0 unspecified atom stereocenters. The van der Waals surface area contributed by atoms with Crippen molar-refractivity contribution in [2.24, 2.45) is 5.10 Å². The molecular formula is C15H26N2. The number of piperidine rings is 1. The normalized spacial score (nSPS) is 19.8. The van der Waals surface area contributed by atoms with E-state index in [2.05, 4.69) is 22.4 Å². The third-order valence-corrected chi connectivity index (χ3v) is 3.65. The molecule has 2 aliphatic rings. The number of allylic oxidation sites excluding steroid dienone is 2. The van der Waals surface area contributed by atoms with Crippen molar-refractivity contribution in [2.45, 2.75) is 64.2 Å². The molecule has 0 saturated carbocycles. The minimum atomic E-state index is 1.17. The highest BCUT2D eigenvalue weighted by molar-refractivity contribution is 5.56. The van der Waals surface area contributed by atoms with Crippen LogP contribution in [0.3, 0.4) is 0 Å². The molecule has 0 spiro atoms. The number of nitrogens with zero attached hydrogens (tertiary/aromatic N) is 2. The third-order valence-electron chi connectivity index (χ3n) is 3.65. The van der Waals surface area contributed by atoms with Gasteiger partial charge in [-0.25, -0.2) is 0 Å². The molecule has 0 radical (unpaired) electrons. The van der Waals surface area contributed by atoms with Gasteiger partial charge in [0.05, 0.1) is 0 Å². The van der Waals surface area contributed by atoms with Gasteiger partial charge in [-0.1, -0.05) is 24.5 Å². The van der Waals surface area contributed by atoms with Gasteiger partial charge in [0, 0.05) is 19.3 Å². The Hall–Kier alpha value is -0.790. The summed E-state index contributed by atoms with van der Waals surface area (Å²) in [4.78, 5) is 0. The Balaban J connectivity index is 1.39. The first-order chi connectivity index (χ1) is 8.45. The molecule has 0 aromatic heterocycles. The molecule has 0 aromatic carbocycles. The lowest BCUT2D eigenvalue weighted by atomic mass is 10.1. The Kier molecular flexibility index (Phi) is 5.60. The summed E-state index contributed by atoms with van der Waals surface area (Å²) in [5.74, 6) is 0. The Labute approximate surface area is 106 Å².